The molecule has 4 nitrogen and oxygen atoms in total. The number of hydrogen-bond acceptors (Lipinski definition) is 3. The van der Waals surface area contributed by atoms with Gasteiger partial charge in [-0.3, -0.25) is 4.79 Å². The van der Waals surface area contributed by atoms with Crippen molar-refractivity contribution in [3.8, 4) is 5.75 Å². The van der Waals surface area contributed by atoms with Gasteiger partial charge < -0.3 is 15.8 Å². The Kier molecular flexibility index (Phi) is 4.70. The van der Waals surface area contributed by atoms with E-state index in [0.29, 0.717) is 22.1 Å². The Morgan fingerprint density at radius 3 is 2.71 bits per heavy atom. The number of nitrogens with two attached hydrogens (primary N) is 1. The molecule has 1 unspecified atom stereocenters. The molecule has 0 aliphatic rings. The number of aryl methyl sites for hydroxylation is 1. The first-order valence-electron chi connectivity index (χ1n) is 6.55. The number of amides is 1. The molecule has 2 rings (SSSR count). The smallest absolute Gasteiger partial charge is 0.265 e. The molecule has 0 fully saturated rings. The van der Waals surface area contributed by atoms with Crippen LogP contribution in [0.2, 0.25) is 5.02 Å². The van der Waals surface area contributed by atoms with Gasteiger partial charge in [0.1, 0.15) is 5.75 Å². The largest absolute Gasteiger partial charge is 0.481 e. The van der Waals surface area contributed by atoms with E-state index in [-0.39, 0.29) is 5.91 Å². The van der Waals surface area contributed by atoms with E-state index in [1.54, 1.807) is 49.4 Å². The van der Waals surface area contributed by atoms with Crippen LogP contribution in [-0.2, 0) is 4.79 Å². The summed E-state index contributed by atoms with van der Waals surface area (Å²) >= 11 is 5.96. The Labute approximate surface area is 128 Å². The van der Waals surface area contributed by atoms with E-state index in [0.717, 1.165) is 5.56 Å². The van der Waals surface area contributed by atoms with Gasteiger partial charge in [0, 0.05) is 16.4 Å². The summed E-state index contributed by atoms with van der Waals surface area (Å²) in [5.74, 6) is 0.361. The summed E-state index contributed by atoms with van der Waals surface area (Å²) in [4.78, 5) is 12.1. The molecule has 0 aliphatic heterocycles. The standard InChI is InChI=1S/C16H17ClN2O2/c1-10-8-14(6-7-15(10)17)21-11(2)16(20)19-13-5-3-4-12(18)9-13/h3-9,11H,18H2,1-2H3,(H,19,20). The van der Waals surface area contributed by atoms with E-state index in [4.69, 9.17) is 22.1 Å². The first kappa shape index (κ1) is 15.2. The molecule has 0 saturated heterocycles. The number of rotatable bonds is 4. The van der Waals surface area contributed by atoms with Gasteiger partial charge in [0.25, 0.3) is 5.91 Å². The number of carbonyl (C=O) groups excluding carboxylic acids is 1. The van der Waals surface area contributed by atoms with Gasteiger partial charge in [-0.15, -0.1) is 0 Å². The maximum Gasteiger partial charge on any atom is 0.265 e. The van der Waals surface area contributed by atoms with Gasteiger partial charge >= 0.3 is 0 Å². The van der Waals surface area contributed by atoms with Crippen LogP contribution in [0.25, 0.3) is 0 Å². The van der Waals surface area contributed by atoms with Crippen molar-refractivity contribution in [2.75, 3.05) is 11.1 Å². The van der Waals surface area contributed by atoms with Crippen molar-refractivity contribution in [3.63, 3.8) is 0 Å². The minimum atomic E-state index is -0.632. The van der Waals surface area contributed by atoms with E-state index in [1.165, 1.54) is 0 Å². The molecule has 0 aliphatic carbocycles. The van der Waals surface area contributed by atoms with Crippen LogP contribution in [0.15, 0.2) is 42.5 Å². The Morgan fingerprint density at radius 1 is 1.29 bits per heavy atom. The maximum absolute atomic E-state index is 12.1. The van der Waals surface area contributed by atoms with E-state index in [1.807, 2.05) is 6.92 Å². The quantitative estimate of drug-likeness (QED) is 0.848. The lowest BCUT2D eigenvalue weighted by atomic mass is 10.2. The summed E-state index contributed by atoms with van der Waals surface area (Å²) in [5.41, 5.74) is 7.80. The highest BCUT2D eigenvalue weighted by Gasteiger charge is 2.15. The number of ether oxygens (including phenoxy) is 1. The minimum Gasteiger partial charge on any atom is -0.481 e. The normalized spacial score (nSPS) is 11.8. The number of halogens is 1. The first-order valence-corrected chi connectivity index (χ1v) is 6.92. The van der Waals surface area contributed by atoms with Gasteiger partial charge in [-0.05, 0) is 55.8 Å². The van der Waals surface area contributed by atoms with Gasteiger partial charge in [-0.25, -0.2) is 0 Å². The Morgan fingerprint density at radius 2 is 2.05 bits per heavy atom. The highest BCUT2D eigenvalue weighted by Crippen LogP contribution is 2.22. The summed E-state index contributed by atoms with van der Waals surface area (Å²) in [6.45, 7) is 3.57. The van der Waals surface area contributed by atoms with E-state index < -0.39 is 6.10 Å². The van der Waals surface area contributed by atoms with Crippen LogP contribution in [0.4, 0.5) is 11.4 Å². The zero-order valence-electron chi connectivity index (χ0n) is 11.9. The van der Waals surface area contributed by atoms with Crippen LogP contribution in [0, 0.1) is 6.92 Å². The molecule has 0 bridgehead atoms. The number of carbonyl (C=O) groups is 1. The van der Waals surface area contributed by atoms with Crippen LogP contribution in [0.5, 0.6) is 5.75 Å². The molecule has 0 heterocycles. The lowest BCUT2D eigenvalue weighted by molar-refractivity contribution is -0.122. The average molecular weight is 305 g/mol. The van der Waals surface area contributed by atoms with Crippen molar-refractivity contribution in [2.24, 2.45) is 0 Å². The van der Waals surface area contributed by atoms with Crippen LogP contribution < -0.4 is 15.8 Å². The molecule has 110 valence electrons. The monoisotopic (exact) mass is 304 g/mol. The van der Waals surface area contributed by atoms with E-state index >= 15 is 0 Å². The molecule has 0 aromatic heterocycles. The van der Waals surface area contributed by atoms with Crippen LogP contribution in [0.1, 0.15) is 12.5 Å². The molecule has 2 aromatic rings. The van der Waals surface area contributed by atoms with E-state index in [2.05, 4.69) is 5.32 Å². The van der Waals surface area contributed by atoms with Gasteiger partial charge in [-0.2, -0.15) is 0 Å². The number of hydrogen-bond donors (Lipinski definition) is 2. The van der Waals surface area contributed by atoms with Crippen LogP contribution in [0.3, 0.4) is 0 Å². The Bertz CT molecular complexity index is 658. The summed E-state index contributed by atoms with van der Waals surface area (Å²) in [6, 6.07) is 12.3. The maximum atomic E-state index is 12.1. The Balaban J connectivity index is 2.00. The SMILES string of the molecule is Cc1cc(OC(C)C(=O)Nc2cccc(N)c2)ccc1Cl. The molecule has 2 aromatic carbocycles. The van der Waals surface area contributed by atoms with Crippen LogP contribution in [-0.4, -0.2) is 12.0 Å². The average Bonchev–Trinajstić information content (AvgIpc) is 2.43. The molecular formula is C16H17ClN2O2. The molecule has 0 saturated carbocycles. The lowest BCUT2D eigenvalue weighted by Gasteiger charge is -2.15. The second kappa shape index (κ2) is 6.50. The summed E-state index contributed by atoms with van der Waals surface area (Å²) < 4.78 is 5.61. The van der Waals surface area contributed by atoms with Crippen molar-refractivity contribution in [2.45, 2.75) is 20.0 Å². The molecule has 1 amide bonds. The number of nitrogen functional groups attached to an aromatic ring is 1. The van der Waals surface area contributed by atoms with Gasteiger partial charge in [0.05, 0.1) is 0 Å². The highest BCUT2D eigenvalue weighted by atomic mass is 35.5. The van der Waals surface area contributed by atoms with Crippen molar-refractivity contribution in [3.05, 3.63) is 53.1 Å². The lowest BCUT2D eigenvalue weighted by Crippen LogP contribution is -2.30. The highest BCUT2D eigenvalue weighted by molar-refractivity contribution is 6.31. The number of nitrogens with one attached hydrogen (secondary N) is 1. The molecule has 3 N–H and O–H groups in total. The Hall–Kier alpha value is -2.20. The van der Waals surface area contributed by atoms with Crippen molar-refractivity contribution < 1.29 is 9.53 Å². The van der Waals surface area contributed by atoms with Gasteiger partial charge in [0.15, 0.2) is 6.10 Å². The second-order valence-electron chi connectivity index (χ2n) is 4.79. The fourth-order valence-electron chi connectivity index (χ4n) is 1.81. The third kappa shape index (κ3) is 4.13. The van der Waals surface area contributed by atoms with Crippen molar-refractivity contribution in [1.82, 2.24) is 0 Å². The fraction of sp³-hybridized carbons (Fsp3) is 0.188. The van der Waals surface area contributed by atoms with Crippen molar-refractivity contribution >= 4 is 28.9 Å². The third-order valence-corrected chi connectivity index (χ3v) is 3.39. The first-order chi connectivity index (χ1) is 9.95. The fourth-order valence-corrected chi connectivity index (χ4v) is 1.93. The molecule has 0 radical (unpaired) electrons. The number of anilines is 2. The predicted octanol–water partition coefficient (Wildman–Crippen LogP) is 3.64. The zero-order chi connectivity index (χ0) is 15.4. The van der Waals surface area contributed by atoms with Gasteiger partial charge in [-0.1, -0.05) is 17.7 Å². The zero-order valence-corrected chi connectivity index (χ0v) is 12.6. The molecule has 5 heteroatoms. The van der Waals surface area contributed by atoms with Gasteiger partial charge in [0.2, 0.25) is 0 Å². The molecule has 21 heavy (non-hydrogen) atoms. The summed E-state index contributed by atoms with van der Waals surface area (Å²) in [6.07, 6.45) is -0.632. The molecule has 0 spiro atoms. The third-order valence-electron chi connectivity index (χ3n) is 2.97. The van der Waals surface area contributed by atoms with Crippen LogP contribution >= 0.6 is 11.6 Å². The summed E-state index contributed by atoms with van der Waals surface area (Å²) in [5, 5.41) is 3.42. The topological polar surface area (TPSA) is 64.3 Å². The number of benzene rings is 2. The molecule has 1 atom stereocenters. The molecular weight excluding hydrogens is 288 g/mol. The second-order valence-corrected chi connectivity index (χ2v) is 5.19. The predicted molar refractivity (Wildman–Crippen MR) is 85.8 cm³/mol. The van der Waals surface area contributed by atoms with E-state index in [9.17, 15) is 4.79 Å². The summed E-state index contributed by atoms with van der Waals surface area (Å²) in [7, 11) is 0. The minimum absolute atomic E-state index is 0.242. The van der Waals surface area contributed by atoms with Crippen molar-refractivity contribution in [1.29, 1.82) is 0 Å².